The van der Waals surface area contributed by atoms with E-state index in [-0.39, 0.29) is 24.0 Å². The van der Waals surface area contributed by atoms with E-state index in [1.165, 1.54) is 22.3 Å². The summed E-state index contributed by atoms with van der Waals surface area (Å²) in [4.78, 5) is 6.81. The monoisotopic (exact) mass is 522 g/mol. The molecule has 2 unspecified atom stereocenters. The van der Waals surface area contributed by atoms with Gasteiger partial charge in [0.05, 0.1) is 12.2 Å². The van der Waals surface area contributed by atoms with E-state index in [1.54, 1.807) is 7.05 Å². The third-order valence-electron chi connectivity index (χ3n) is 5.32. The van der Waals surface area contributed by atoms with Crippen molar-refractivity contribution in [2.24, 2.45) is 4.99 Å². The molecule has 0 aromatic heterocycles. The molecule has 1 saturated heterocycles. The quantitative estimate of drug-likeness (QED) is 0.341. The van der Waals surface area contributed by atoms with Crippen LogP contribution >= 0.6 is 24.0 Å². The number of hydrogen-bond donors (Lipinski definition) is 2. The number of nitrogens with zero attached hydrogens (tertiary/aromatic N) is 2. The third-order valence-corrected chi connectivity index (χ3v) is 5.32. The Kier molecular flexibility index (Phi) is 10.1. The van der Waals surface area contributed by atoms with Crippen molar-refractivity contribution in [3.8, 4) is 0 Å². The zero-order valence-electron chi connectivity index (χ0n) is 18.5. The van der Waals surface area contributed by atoms with Gasteiger partial charge in [-0.05, 0) is 43.0 Å². The molecular formula is C24H35IN4O. The van der Waals surface area contributed by atoms with E-state index in [0.717, 1.165) is 38.7 Å². The molecule has 2 atom stereocenters. The molecule has 30 heavy (non-hydrogen) atoms. The van der Waals surface area contributed by atoms with Crippen LogP contribution in [0.5, 0.6) is 0 Å². The Morgan fingerprint density at radius 3 is 2.20 bits per heavy atom. The summed E-state index contributed by atoms with van der Waals surface area (Å²) in [5.41, 5.74) is 5.16. The number of halogens is 1. The lowest BCUT2D eigenvalue weighted by Gasteiger charge is -2.35. The molecular weight excluding hydrogens is 487 g/mol. The topological polar surface area (TPSA) is 48.9 Å². The van der Waals surface area contributed by atoms with Crippen LogP contribution in [0.25, 0.3) is 0 Å². The Morgan fingerprint density at radius 1 is 0.967 bits per heavy atom. The van der Waals surface area contributed by atoms with Gasteiger partial charge in [-0.2, -0.15) is 0 Å². The van der Waals surface area contributed by atoms with Gasteiger partial charge in [0.25, 0.3) is 0 Å². The van der Waals surface area contributed by atoms with E-state index >= 15 is 0 Å². The zero-order chi connectivity index (χ0) is 20.6. The smallest absolute Gasteiger partial charge is 0.191 e. The minimum Gasteiger partial charge on any atom is -0.373 e. The van der Waals surface area contributed by atoms with Crippen LogP contribution in [0.2, 0.25) is 0 Å². The van der Waals surface area contributed by atoms with Crippen molar-refractivity contribution in [2.75, 3.05) is 20.1 Å². The molecule has 5 nitrogen and oxygen atoms in total. The maximum Gasteiger partial charge on any atom is 0.191 e. The first-order valence-corrected chi connectivity index (χ1v) is 10.5. The van der Waals surface area contributed by atoms with Crippen LogP contribution in [0, 0.1) is 6.92 Å². The van der Waals surface area contributed by atoms with E-state index in [1.807, 2.05) is 0 Å². The van der Waals surface area contributed by atoms with Crippen molar-refractivity contribution in [2.45, 2.75) is 52.6 Å². The molecule has 0 radical (unpaired) electrons. The van der Waals surface area contributed by atoms with Crippen molar-refractivity contribution < 1.29 is 4.74 Å². The first-order valence-electron chi connectivity index (χ1n) is 10.5. The molecule has 1 fully saturated rings. The molecule has 0 saturated carbocycles. The van der Waals surface area contributed by atoms with Crippen LogP contribution in [0.1, 0.15) is 36.1 Å². The maximum absolute atomic E-state index is 5.83. The van der Waals surface area contributed by atoms with Crippen molar-refractivity contribution in [1.82, 2.24) is 15.5 Å². The highest BCUT2D eigenvalue weighted by molar-refractivity contribution is 14.0. The molecule has 0 aliphatic carbocycles. The van der Waals surface area contributed by atoms with Crippen LogP contribution in [-0.2, 0) is 24.4 Å². The number of guanidine groups is 1. The van der Waals surface area contributed by atoms with Crippen LogP contribution in [-0.4, -0.2) is 43.2 Å². The Morgan fingerprint density at radius 2 is 1.57 bits per heavy atom. The predicted molar refractivity (Wildman–Crippen MR) is 135 cm³/mol. The fourth-order valence-electron chi connectivity index (χ4n) is 3.83. The van der Waals surface area contributed by atoms with Crippen molar-refractivity contribution in [1.29, 1.82) is 0 Å². The van der Waals surface area contributed by atoms with Crippen molar-refractivity contribution >= 4 is 29.9 Å². The zero-order valence-corrected chi connectivity index (χ0v) is 20.9. The molecule has 3 rings (SSSR count). The highest BCUT2D eigenvalue weighted by Gasteiger charge is 2.21. The highest BCUT2D eigenvalue weighted by atomic mass is 127. The average Bonchev–Trinajstić information content (AvgIpc) is 2.70. The van der Waals surface area contributed by atoms with E-state index in [2.05, 4.69) is 89.8 Å². The first kappa shape index (κ1) is 24.6. The summed E-state index contributed by atoms with van der Waals surface area (Å²) in [5.74, 6) is 0.814. The molecule has 0 bridgehead atoms. The summed E-state index contributed by atoms with van der Waals surface area (Å²) in [5, 5.41) is 6.79. The molecule has 164 valence electrons. The first-order chi connectivity index (χ1) is 14.0. The minimum absolute atomic E-state index is 0. The van der Waals surface area contributed by atoms with Gasteiger partial charge < -0.3 is 15.4 Å². The Labute approximate surface area is 198 Å². The molecule has 1 heterocycles. The van der Waals surface area contributed by atoms with Gasteiger partial charge in [-0.1, -0.05) is 48.5 Å². The van der Waals surface area contributed by atoms with Crippen molar-refractivity contribution in [3.05, 3.63) is 70.8 Å². The normalized spacial score (nSPS) is 19.8. The number of benzene rings is 2. The summed E-state index contributed by atoms with van der Waals surface area (Å²) in [6.07, 6.45) is 0.613. The molecule has 0 amide bonds. The lowest BCUT2D eigenvalue weighted by molar-refractivity contribution is -0.0704. The number of ether oxygens (including phenoxy) is 1. The van der Waals surface area contributed by atoms with Crippen LogP contribution in [0.3, 0.4) is 0 Å². The van der Waals surface area contributed by atoms with Crippen molar-refractivity contribution in [3.63, 3.8) is 0 Å². The van der Waals surface area contributed by atoms with E-state index in [9.17, 15) is 0 Å². The number of nitrogens with one attached hydrogen (secondary N) is 2. The van der Waals surface area contributed by atoms with E-state index in [0.29, 0.717) is 12.2 Å². The average molecular weight is 522 g/mol. The lowest BCUT2D eigenvalue weighted by atomic mass is 10.1. The third kappa shape index (κ3) is 7.56. The maximum atomic E-state index is 5.83. The standard InChI is InChI=1S/C24H34N4O.HI/c1-18-7-5-6-8-23(18)14-27-24(25-4)26-13-21-9-11-22(12-10-21)17-28-15-19(2)29-20(3)16-28;/h5-12,19-20H,13-17H2,1-4H3,(H2,25,26,27);1H. The predicted octanol–water partition coefficient (Wildman–Crippen LogP) is 4.09. The summed E-state index contributed by atoms with van der Waals surface area (Å²) in [6, 6.07) is 17.3. The van der Waals surface area contributed by atoms with Gasteiger partial charge in [-0.25, -0.2) is 0 Å². The van der Waals surface area contributed by atoms with Crippen LogP contribution in [0.15, 0.2) is 53.5 Å². The summed E-state index contributed by atoms with van der Waals surface area (Å²) < 4.78 is 5.83. The number of aryl methyl sites for hydroxylation is 1. The second kappa shape index (κ2) is 12.3. The van der Waals surface area contributed by atoms with Gasteiger partial charge in [-0.3, -0.25) is 9.89 Å². The molecule has 2 aromatic rings. The molecule has 1 aliphatic rings. The molecule has 2 N–H and O–H groups in total. The largest absolute Gasteiger partial charge is 0.373 e. The summed E-state index contributed by atoms with van der Waals surface area (Å²) in [6.45, 7) is 10.9. The van der Waals surface area contributed by atoms with Crippen LogP contribution in [0.4, 0.5) is 0 Å². The summed E-state index contributed by atoms with van der Waals surface area (Å²) in [7, 11) is 1.81. The van der Waals surface area contributed by atoms with Gasteiger partial charge >= 0.3 is 0 Å². The second-order valence-electron chi connectivity index (χ2n) is 7.97. The molecule has 2 aromatic carbocycles. The van der Waals surface area contributed by atoms with Gasteiger partial charge in [-0.15, -0.1) is 24.0 Å². The second-order valence-corrected chi connectivity index (χ2v) is 7.97. The van der Waals surface area contributed by atoms with E-state index in [4.69, 9.17) is 4.74 Å². The fourth-order valence-corrected chi connectivity index (χ4v) is 3.83. The number of hydrogen-bond acceptors (Lipinski definition) is 3. The van der Waals surface area contributed by atoms with Gasteiger partial charge in [0.2, 0.25) is 0 Å². The van der Waals surface area contributed by atoms with Crippen LogP contribution < -0.4 is 10.6 Å². The Bertz CT molecular complexity index is 799. The highest BCUT2D eigenvalue weighted by Crippen LogP contribution is 2.15. The fraction of sp³-hybridized carbons (Fsp3) is 0.458. The Hall–Kier alpha value is -1.64. The number of aliphatic imine (C=N–C) groups is 1. The van der Waals surface area contributed by atoms with Gasteiger partial charge in [0, 0.05) is 39.8 Å². The van der Waals surface area contributed by atoms with E-state index < -0.39 is 0 Å². The number of morpholine rings is 1. The number of rotatable bonds is 6. The van der Waals surface area contributed by atoms with Gasteiger partial charge in [0.1, 0.15) is 0 Å². The molecule has 1 aliphatic heterocycles. The Balaban J connectivity index is 0.00000320. The molecule has 0 spiro atoms. The van der Waals surface area contributed by atoms with Gasteiger partial charge in [0.15, 0.2) is 5.96 Å². The summed E-state index contributed by atoms with van der Waals surface area (Å²) >= 11 is 0. The molecule has 6 heteroatoms. The minimum atomic E-state index is 0. The lowest BCUT2D eigenvalue weighted by Crippen LogP contribution is -2.44. The SMILES string of the molecule is CN=C(NCc1ccc(CN2CC(C)OC(C)C2)cc1)NCc1ccccc1C.I.